The van der Waals surface area contributed by atoms with Gasteiger partial charge in [0, 0.05) is 24.4 Å². The Morgan fingerprint density at radius 2 is 2.00 bits per heavy atom. The van der Waals surface area contributed by atoms with Gasteiger partial charge >= 0.3 is 0 Å². The van der Waals surface area contributed by atoms with E-state index in [1.165, 1.54) is 18.2 Å². The fourth-order valence-corrected chi connectivity index (χ4v) is 6.98. The molecule has 0 spiro atoms. The van der Waals surface area contributed by atoms with Crippen LogP contribution in [0.2, 0.25) is 0 Å². The molecule has 1 fully saturated rings. The van der Waals surface area contributed by atoms with Gasteiger partial charge in [-0.25, -0.2) is 4.98 Å². The summed E-state index contributed by atoms with van der Waals surface area (Å²) in [7, 11) is 0. The molecule has 2 aliphatic rings. The van der Waals surface area contributed by atoms with E-state index in [1.54, 1.807) is 15.9 Å². The molecule has 6 nitrogen and oxygen atoms in total. The van der Waals surface area contributed by atoms with E-state index in [4.69, 9.17) is 9.72 Å². The maximum Gasteiger partial charge on any atom is 0.267 e. The van der Waals surface area contributed by atoms with Gasteiger partial charge in [-0.15, -0.1) is 11.3 Å². The molecule has 34 heavy (non-hydrogen) atoms. The molecule has 1 atom stereocenters. The minimum absolute atomic E-state index is 0.0640. The van der Waals surface area contributed by atoms with Gasteiger partial charge in [-0.2, -0.15) is 0 Å². The summed E-state index contributed by atoms with van der Waals surface area (Å²) in [5.74, 6) is 0.121. The summed E-state index contributed by atoms with van der Waals surface area (Å²) in [4.78, 5) is 35.9. The van der Waals surface area contributed by atoms with Crippen molar-refractivity contribution >= 4 is 39.2 Å². The first kappa shape index (κ1) is 23.6. The number of benzene rings is 1. The highest BCUT2D eigenvalue weighted by Gasteiger charge is 2.32. The molecular weight excluding hydrogens is 466 g/mol. The van der Waals surface area contributed by atoms with Crippen LogP contribution in [0.4, 0.5) is 0 Å². The Hall–Kier alpha value is -2.16. The number of piperidine rings is 1. The molecule has 0 N–H and O–H groups in total. The van der Waals surface area contributed by atoms with E-state index in [0.717, 1.165) is 52.5 Å². The van der Waals surface area contributed by atoms with Gasteiger partial charge in [-0.1, -0.05) is 23.9 Å². The summed E-state index contributed by atoms with van der Waals surface area (Å²) in [5.41, 5.74) is 2.53. The third-order valence-corrected chi connectivity index (χ3v) is 8.77. The van der Waals surface area contributed by atoms with Crippen molar-refractivity contribution < 1.29 is 9.53 Å². The van der Waals surface area contributed by atoms with E-state index in [-0.39, 0.29) is 22.3 Å². The van der Waals surface area contributed by atoms with Gasteiger partial charge in [0.05, 0.1) is 28.5 Å². The monoisotopic (exact) mass is 497 g/mol. The molecule has 1 aromatic carbocycles. The Labute approximate surface area is 208 Å². The molecule has 0 saturated carbocycles. The smallest absolute Gasteiger partial charge is 0.267 e. The summed E-state index contributed by atoms with van der Waals surface area (Å²) in [6.45, 7) is 10.2. The zero-order valence-electron chi connectivity index (χ0n) is 20.2. The minimum atomic E-state index is -0.324. The molecular formula is C26H31N3O3S2. The van der Waals surface area contributed by atoms with Gasteiger partial charge in [0.1, 0.15) is 4.83 Å². The van der Waals surface area contributed by atoms with Crippen molar-refractivity contribution in [1.29, 1.82) is 0 Å². The fraction of sp³-hybridized carbons (Fsp3) is 0.500. The first-order chi connectivity index (χ1) is 16.2. The highest BCUT2D eigenvalue weighted by atomic mass is 32.2. The second-order valence-electron chi connectivity index (χ2n) is 9.93. The normalized spacial score (nSPS) is 18.6. The molecule has 5 rings (SSSR count). The lowest BCUT2D eigenvalue weighted by Crippen LogP contribution is -2.40. The Bertz CT molecular complexity index is 1300. The first-order valence-corrected chi connectivity index (χ1v) is 13.7. The number of aromatic nitrogens is 2. The summed E-state index contributed by atoms with van der Waals surface area (Å²) in [5, 5.41) is 0.937. The third-order valence-electron chi connectivity index (χ3n) is 6.63. The quantitative estimate of drug-likeness (QED) is 0.371. The lowest BCUT2D eigenvalue weighted by molar-refractivity contribution is -0.131. The van der Waals surface area contributed by atoms with Gasteiger partial charge in [0.2, 0.25) is 5.91 Å². The number of aryl methyl sites for hydroxylation is 1. The Balaban J connectivity index is 1.62. The molecule has 0 radical (unpaired) electrons. The Morgan fingerprint density at radius 1 is 1.24 bits per heavy atom. The molecule has 2 aliphatic heterocycles. The number of hydrogen-bond donors (Lipinski definition) is 0. The predicted octanol–water partition coefficient (Wildman–Crippen LogP) is 5.10. The summed E-state index contributed by atoms with van der Waals surface area (Å²) >= 11 is 2.92. The Kier molecular flexibility index (Phi) is 6.33. The standard InChI is InChI=1S/C26H31N3O3S2/c1-16-9-8-10-18(13-16)29-24(31)21-19-14-26(3,4)32-15-20(19)34-22(21)27-25(29)33-17(2)23(30)28-11-6-5-7-12-28/h8-10,13,17H,5-7,11-12,14-15H2,1-4H3/t17-/m1/s1. The van der Waals surface area contributed by atoms with Gasteiger partial charge in [0.25, 0.3) is 5.56 Å². The number of nitrogens with zero attached hydrogens (tertiary/aromatic N) is 3. The number of thiophene rings is 1. The summed E-state index contributed by atoms with van der Waals surface area (Å²) in [6.07, 6.45) is 3.98. The molecule has 1 amide bonds. The van der Waals surface area contributed by atoms with Crippen molar-refractivity contribution in [3.8, 4) is 5.69 Å². The molecule has 3 aromatic rings. The number of fused-ring (bicyclic) bond motifs is 3. The van der Waals surface area contributed by atoms with Crippen LogP contribution in [0.15, 0.2) is 34.2 Å². The van der Waals surface area contributed by atoms with Gasteiger partial charge < -0.3 is 9.64 Å². The van der Waals surface area contributed by atoms with E-state index in [9.17, 15) is 9.59 Å². The van der Waals surface area contributed by atoms with Crippen LogP contribution in [0.3, 0.4) is 0 Å². The number of ether oxygens (including phenoxy) is 1. The average Bonchev–Trinajstić information content (AvgIpc) is 3.15. The number of carbonyl (C=O) groups excluding carboxylic acids is 1. The summed E-state index contributed by atoms with van der Waals surface area (Å²) < 4.78 is 7.71. The molecule has 0 unspecified atom stereocenters. The molecule has 0 bridgehead atoms. The predicted molar refractivity (Wildman–Crippen MR) is 138 cm³/mol. The fourth-order valence-electron chi connectivity index (χ4n) is 4.83. The number of thioether (sulfide) groups is 1. The highest BCUT2D eigenvalue weighted by Crippen LogP contribution is 2.38. The third kappa shape index (κ3) is 4.43. The largest absolute Gasteiger partial charge is 0.370 e. The van der Waals surface area contributed by atoms with Crippen molar-refractivity contribution in [3.05, 3.63) is 50.6 Å². The first-order valence-electron chi connectivity index (χ1n) is 12.0. The number of hydrogen-bond acceptors (Lipinski definition) is 6. The zero-order valence-corrected chi connectivity index (χ0v) is 21.9. The molecule has 8 heteroatoms. The van der Waals surface area contributed by atoms with E-state index in [1.807, 2.05) is 43.0 Å². The van der Waals surface area contributed by atoms with Gasteiger partial charge in [0.15, 0.2) is 5.16 Å². The molecule has 4 heterocycles. The SMILES string of the molecule is Cc1cccc(-n2c(S[C@H](C)C(=O)N3CCCCC3)nc3sc4c(c3c2=O)CC(C)(C)OC4)c1. The second-order valence-corrected chi connectivity index (χ2v) is 12.3. The molecule has 180 valence electrons. The number of amides is 1. The van der Waals surface area contributed by atoms with Crippen molar-refractivity contribution in [1.82, 2.24) is 14.5 Å². The van der Waals surface area contributed by atoms with E-state index in [0.29, 0.717) is 23.6 Å². The van der Waals surface area contributed by atoms with Crippen molar-refractivity contribution in [2.45, 2.75) is 76.0 Å². The van der Waals surface area contributed by atoms with Gasteiger partial charge in [-0.05, 0) is 70.2 Å². The average molecular weight is 498 g/mol. The summed E-state index contributed by atoms with van der Waals surface area (Å²) in [6, 6.07) is 7.91. The Morgan fingerprint density at radius 3 is 2.74 bits per heavy atom. The number of likely N-dealkylation sites (tertiary alicyclic amines) is 1. The van der Waals surface area contributed by atoms with Crippen molar-refractivity contribution in [2.24, 2.45) is 0 Å². The topological polar surface area (TPSA) is 64.4 Å². The minimum Gasteiger partial charge on any atom is -0.370 e. The molecule has 1 saturated heterocycles. The highest BCUT2D eigenvalue weighted by molar-refractivity contribution is 8.00. The maximum absolute atomic E-state index is 14.0. The van der Waals surface area contributed by atoms with Gasteiger partial charge in [-0.3, -0.25) is 14.2 Å². The number of rotatable bonds is 4. The van der Waals surface area contributed by atoms with E-state index >= 15 is 0 Å². The van der Waals surface area contributed by atoms with Crippen LogP contribution in [0, 0.1) is 6.92 Å². The van der Waals surface area contributed by atoms with Crippen LogP contribution in [-0.2, 0) is 22.6 Å². The van der Waals surface area contributed by atoms with E-state index < -0.39 is 0 Å². The lowest BCUT2D eigenvalue weighted by atomic mass is 9.94. The zero-order chi connectivity index (χ0) is 24.0. The van der Waals surface area contributed by atoms with Crippen LogP contribution in [0.25, 0.3) is 15.9 Å². The van der Waals surface area contributed by atoms with Crippen LogP contribution in [0.1, 0.15) is 56.0 Å². The van der Waals surface area contributed by atoms with Crippen LogP contribution in [-0.4, -0.2) is 44.3 Å². The van der Waals surface area contributed by atoms with Crippen LogP contribution >= 0.6 is 23.1 Å². The van der Waals surface area contributed by atoms with Crippen molar-refractivity contribution in [3.63, 3.8) is 0 Å². The van der Waals surface area contributed by atoms with E-state index in [2.05, 4.69) is 13.8 Å². The maximum atomic E-state index is 14.0. The molecule has 0 aliphatic carbocycles. The van der Waals surface area contributed by atoms with Crippen LogP contribution in [0.5, 0.6) is 0 Å². The van der Waals surface area contributed by atoms with Crippen molar-refractivity contribution in [2.75, 3.05) is 13.1 Å². The molecule has 2 aromatic heterocycles. The second kappa shape index (κ2) is 9.13. The lowest BCUT2D eigenvalue weighted by Gasteiger charge is -2.30. The number of carbonyl (C=O) groups is 1. The van der Waals surface area contributed by atoms with Crippen LogP contribution < -0.4 is 5.56 Å².